The molecule has 5 nitrogen and oxygen atoms in total. The van der Waals surface area contributed by atoms with Crippen molar-refractivity contribution in [2.75, 3.05) is 36.4 Å². The van der Waals surface area contributed by atoms with Crippen LogP contribution in [0.25, 0.3) is 0 Å². The minimum absolute atomic E-state index is 0.0644. The third-order valence-corrected chi connectivity index (χ3v) is 8.10. The molecule has 0 radical (unpaired) electrons. The van der Waals surface area contributed by atoms with E-state index in [2.05, 4.69) is 71.5 Å². The Labute approximate surface area is 211 Å². The fourth-order valence-corrected chi connectivity index (χ4v) is 6.09. The number of carbonyl (C=O) groups is 1. The molecule has 2 aromatic heterocycles. The number of piperazine rings is 1. The largest absolute Gasteiger partial charge is 0.360 e. The summed E-state index contributed by atoms with van der Waals surface area (Å²) in [5.74, 6) is -0.0644. The van der Waals surface area contributed by atoms with Crippen molar-refractivity contribution in [3.8, 4) is 0 Å². The van der Waals surface area contributed by atoms with Crippen molar-refractivity contribution in [3.05, 3.63) is 112 Å². The molecule has 4 aromatic rings. The zero-order valence-corrected chi connectivity index (χ0v) is 21.0. The van der Waals surface area contributed by atoms with E-state index >= 15 is 0 Å². The number of anilines is 2. The SMILES string of the molecule is Cc1sc(NC(=O)c2ccccc2)c(C(c2ccncc2)[NH+]2CCN(c3ccccc3)CC2)c1C. The first-order valence-corrected chi connectivity index (χ1v) is 12.9. The van der Waals surface area contributed by atoms with Crippen LogP contribution in [-0.4, -0.2) is 37.1 Å². The Kier molecular flexibility index (Phi) is 6.93. The molecular weight excluding hydrogens is 452 g/mol. The van der Waals surface area contributed by atoms with E-state index in [1.165, 1.54) is 32.2 Å². The highest BCUT2D eigenvalue weighted by molar-refractivity contribution is 7.16. The van der Waals surface area contributed by atoms with Gasteiger partial charge in [0.15, 0.2) is 0 Å². The molecule has 0 spiro atoms. The van der Waals surface area contributed by atoms with E-state index in [9.17, 15) is 4.79 Å². The van der Waals surface area contributed by atoms with Gasteiger partial charge in [-0.3, -0.25) is 9.78 Å². The molecule has 6 heteroatoms. The van der Waals surface area contributed by atoms with Crippen molar-refractivity contribution in [3.63, 3.8) is 0 Å². The van der Waals surface area contributed by atoms with Gasteiger partial charge < -0.3 is 15.1 Å². The van der Waals surface area contributed by atoms with E-state index in [4.69, 9.17) is 0 Å². The third kappa shape index (κ3) is 4.99. The van der Waals surface area contributed by atoms with Crippen LogP contribution in [0.3, 0.4) is 0 Å². The lowest BCUT2D eigenvalue weighted by Gasteiger charge is -2.38. The summed E-state index contributed by atoms with van der Waals surface area (Å²) >= 11 is 1.68. The predicted octanol–water partition coefficient (Wildman–Crippen LogP) is 4.51. The Morgan fingerprint density at radius 3 is 2.23 bits per heavy atom. The molecule has 0 bridgehead atoms. The minimum Gasteiger partial charge on any atom is -0.360 e. The van der Waals surface area contributed by atoms with Crippen molar-refractivity contribution >= 4 is 27.9 Å². The summed E-state index contributed by atoms with van der Waals surface area (Å²) in [4.78, 5) is 22.6. The molecule has 3 heterocycles. The second kappa shape index (κ2) is 10.4. The number of quaternary nitrogens is 1. The van der Waals surface area contributed by atoms with E-state index in [-0.39, 0.29) is 11.9 Å². The quantitative estimate of drug-likeness (QED) is 0.424. The van der Waals surface area contributed by atoms with E-state index < -0.39 is 0 Å². The topological polar surface area (TPSA) is 49.7 Å². The number of amides is 1. The first-order chi connectivity index (χ1) is 17.1. The smallest absolute Gasteiger partial charge is 0.256 e. The molecule has 0 saturated carbocycles. The summed E-state index contributed by atoms with van der Waals surface area (Å²) in [5.41, 5.74) is 5.68. The lowest BCUT2D eigenvalue weighted by Crippen LogP contribution is -3.15. The number of benzene rings is 2. The summed E-state index contributed by atoms with van der Waals surface area (Å²) in [6, 6.07) is 24.5. The molecule has 1 fully saturated rings. The van der Waals surface area contributed by atoms with Gasteiger partial charge in [-0.05, 0) is 55.8 Å². The van der Waals surface area contributed by atoms with Crippen LogP contribution in [0, 0.1) is 13.8 Å². The van der Waals surface area contributed by atoms with Gasteiger partial charge in [-0.25, -0.2) is 0 Å². The Morgan fingerprint density at radius 1 is 0.943 bits per heavy atom. The van der Waals surface area contributed by atoms with E-state index in [1.54, 1.807) is 11.3 Å². The number of rotatable bonds is 6. The number of nitrogens with one attached hydrogen (secondary N) is 2. The monoisotopic (exact) mass is 483 g/mol. The molecule has 35 heavy (non-hydrogen) atoms. The number of hydrogen-bond acceptors (Lipinski definition) is 4. The van der Waals surface area contributed by atoms with Crippen LogP contribution in [0.1, 0.15) is 38.0 Å². The van der Waals surface area contributed by atoms with Gasteiger partial charge in [-0.15, -0.1) is 11.3 Å². The minimum atomic E-state index is -0.0644. The van der Waals surface area contributed by atoms with Crippen molar-refractivity contribution in [1.29, 1.82) is 0 Å². The molecule has 0 aliphatic carbocycles. The molecule has 2 aromatic carbocycles. The van der Waals surface area contributed by atoms with Crippen molar-refractivity contribution in [2.24, 2.45) is 0 Å². The molecule has 5 rings (SSSR count). The molecular formula is C29H31N4OS+. The van der Waals surface area contributed by atoms with Gasteiger partial charge in [-0.1, -0.05) is 36.4 Å². The fourth-order valence-electron chi connectivity index (χ4n) is 4.99. The average molecular weight is 484 g/mol. The molecule has 1 aliphatic rings. The number of para-hydroxylation sites is 1. The lowest BCUT2D eigenvalue weighted by atomic mass is 9.95. The van der Waals surface area contributed by atoms with Crippen LogP contribution < -0.4 is 15.1 Å². The van der Waals surface area contributed by atoms with Gasteiger partial charge in [-0.2, -0.15) is 0 Å². The maximum absolute atomic E-state index is 13.1. The number of hydrogen-bond donors (Lipinski definition) is 2. The van der Waals surface area contributed by atoms with Crippen LogP contribution >= 0.6 is 11.3 Å². The first kappa shape index (κ1) is 23.3. The van der Waals surface area contributed by atoms with Gasteiger partial charge in [0.25, 0.3) is 5.91 Å². The van der Waals surface area contributed by atoms with Crippen LogP contribution in [0.15, 0.2) is 85.2 Å². The standard InChI is InChI=1S/C29H30N4OS/c1-21-22(2)35-29(31-28(34)24-9-5-3-6-10-24)26(21)27(23-13-15-30-16-14-23)33-19-17-32(18-20-33)25-11-7-4-8-12-25/h3-16,27H,17-20H2,1-2H3,(H,31,34)/p+1. The van der Waals surface area contributed by atoms with Crippen LogP contribution in [0.2, 0.25) is 0 Å². The van der Waals surface area contributed by atoms with Gasteiger partial charge in [0.1, 0.15) is 11.0 Å². The predicted molar refractivity (Wildman–Crippen MR) is 144 cm³/mol. The lowest BCUT2D eigenvalue weighted by molar-refractivity contribution is -0.926. The highest BCUT2D eigenvalue weighted by atomic mass is 32.1. The van der Waals surface area contributed by atoms with E-state index in [1.807, 2.05) is 42.7 Å². The molecule has 1 atom stereocenters. The second-order valence-corrected chi connectivity index (χ2v) is 10.3. The van der Waals surface area contributed by atoms with Crippen LogP contribution in [0.5, 0.6) is 0 Å². The third-order valence-electron chi connectivity index (χ3n) is 6.96. The number of carbonyl (C=O) groups excluding carboxylic acids is 1. The molecule has 178 valence electrons. The number of thiophene rings is 1. The summed E-state index contributed by atoms with van der Waals surface area (Å²) in [6.45, 7) is 8.36. The van der Waals surface area contributed by atoms with Crippen LogP contribution in [0.4, 0.5) is 10.7 Å². The molecule has 1 aliphatic heterocycles. The van der Waals surface area contributed by atoms with Gasteiger partial charge in [0, 0.05) is 34.1 Å². The Hall–Kier alpha value is -3.48. The second-order valence-electron chi connectivity index (χ2n) is 9.04. The van der Waals surface area contributed by atoms with Crippen molar-refractivity contribution < 1.29 is 9.69 Å². The Balaban J connectivity index is 1.47. The number of pyridine rings is 1. The maximum atomic E-state index is 13.1. The number of aryl methyl sites for hydroxylation is 1. The summed E-state index contributed by atoms with van der Waals surface area (Å²) in [5, 5.41) is 4.21. The normalized spacial score (nSPS) is 15.1. The highest BCUT2D eigenvalue weighted by Gasteiger charge is 2.35. The molecule has 2 N–H and O–H groups in total. The molecule has 1 amide bonds. The molecule has 1 saturated heterocycles. The van der Waals surface area contributed by atoms with Crippen molar-refractivity contribution in [2.45, 2.75) is 19.9 Å². The first-order valence-electron chi connectivity index (χ1n) is 12.1. The summed E-state index contributed by atoms with van der Waals surface area (Å²) < 4.78 is 0. The number of aromatic nitrogens is 1. The summed E-state index contributed by atoms with van der Waals surface area (Å²) in [6.07, 6.45) is 3.75. The zero-order valence-electron chi connectivity index (χ0n) is 20.2. The van der Waals surface area contributed by atoms with Crippen LogP contribution in [-0.2, 0) is 0 Å². The van der Waals surface area contributed by atoms with Gasteiger partial charge >= 0.3 is 0 Å². The van der Waals surface area contributed by atoms with Crippen molar-refractivity contribution in [1.82, 2.24) is 4.98 Å². The maximum Gasteiger partial charge on any atom is 0.256 e. The average Bonchev–Trinajstić information content (AvgIpc) is 3.19. The van der Waals surface area contributed by atoms with E-state index in [0.717, 1.165) is 31.2 Å². The van der Waals surface area contributed by atoms with Gasteiger partial charge in [0.2, 0.25) is 0 Å². The highest BCUT2D eigenvalue weighted by Crippen LogP contribution is 2.38. The molecule has 1 unspecified atom stereocenters. The number of nitrogens with zero attached hydrogens (tertiary/aromatic N) is 2. The Bertz CT molecular complexity index is 1270. The zero-order chi connectivity index (χ0) is 24.2. The summed E-state index contributed by atoms with van der Waals surface area (Å²) in [7, 11) is 0. The van der Waals surface area contributed by atoms with E-state index in [0.29, 0.717) is 5.56 Å². The fraction of sp³-hybridized carbons (Fsp3) is 0.241. The Morgan fingerprint density at radius 2 is 1.57 bits per heavy atom. The van der Waals surface area contributed by atoms with Gasteiger partial charge in [0.05, 0.1) is 31.7 Å².